The van der Waals surface area contributed by atoms with Crippen LogP contribution in [0.25, 0.3) is 5.57 Å². The number of pyridine rings is 1. The molecule has 1 atom stereocenters. The van der Waals surface area contributed by atoms with Crippen molar-refractivity contribution in [2.75, 3.05) is 5.32 Å². The molecule has 1 aromatic heterocycles. The Morgan fingerprint density at radius 3 is 2.87 bits per heavy atom. The Morgan fingerprint density at radius 1 is 1.35 bits per heavy atom. The fourth-order valence-electron chi connectivity index (χ4n) is 2.63. The summed E-state index contributed by atoms with van der Waals surface area (Å²) in [6, 6.07) is 7.77. The summed E-state index contributed by atoms with van der Waals surface area (Å²) < 4.78 is 15.5. The number of anilines is 1. The van der Waals surface area contributed by atoms with E-state index in [0.29, 0.717) is 22.8 Å². The Morgan fingerprint density at radius 2 is 2.13 bits per heavy atom. The zero-order valence-corrected chi connectivity index (χ0v) is 13.6. The molecule has 1 amide bonds. The lowest BCUT2D eigenvalue weighted by Crippen LogP contribution is -2.39. The number of benzene rings is 1. The number of alkyl halides is 1. The van der Waals surface area contributed by atoms with E-state index in [0.717, 1.165) is 5.57 Å². The quantitative estimate of drug-likeness (QED) is 0.827. The van der Waals surface area contributed by atoms with E-state index in [9.17, 15) is 4.79 Å². The summed E-state index contributed by atoms with van der Waals surface area (Å²) in [6.45, 7) is 3.89. The molecule has 0 bridgehead atoms. The number of aromatic nitrogens is 1. The lowest BCUT2D eigenvalue weighted by molar-refractivity contribution is -0.128. The number of rotatable bonds is 2. The smallest absolute Gasteiger partial charge is 0.266 e. The van der Waals surface area contributed by atoms with E-state index in [1.165, 1.54) is 12.1 Å². The van der Waals surface area contributed by atoms with E-state index in [-0.39, 0.29) is 17.0 Å². The van der Waals surface area contributed by atoms with Crippen molar-refractivity contribution in [3.63, 3.8) is 0 Å². The van der Waals surface area contributed by atoms with Crippen LogP contribution in [0.4, 0.5) is 10.1 Å². The van der Waals surface area contributed by atoms with Crippen molar-refractivity contribution in [2.45, 2.75) is 18.5 Å². The molecule has 2 aromatic rings. The normalized spacial score (nSPS) is 20.0. The molecule has 0 unspecified atom stereocenters. The van der Waals surface area contributed by atoms with Gasteiger partial charge in [0, 0.05) is 16.8 Å². The first-order chi connectivity index (χ1) is 10.9. The average molecular weight is 351 g/mol. The molecule has 1 aliphatic carbocycles. The highest BCUT2D eigenvalue weighted by Gasteiger charge is 2.45. The summed E-state index contributed by atoms with van der Waals surface area (Å²) in [7, 11) is 0. The number of carbonyl (C=O) groups is 1. The van der Waals surface area contributed by atoms with Crippen LogP contribution >= 0.6 is 23.2 Å². The molecule has 0 spiro atoms. The third kappa shape index (κ3) is 2.84. The number of nitrogens with one attached hydrogen (secondary N) is 1. The number of halogens is 3. The lowest BCUT2D eigenvalue weighted by atomic mass is 9.80. The number of fused-ring (bicyclic) bond motifs is 1. The minimum absolute atomic E-state index is 0.0154. The molecule has 0 aliphatic heterocycles. The van der Waals surface area contributed by atoms with E-state index in [1.54, 1.807) is 24.4 Å². The molecule has 0 radical (unpaired) electrons. The van der Waals surface area contributed by atoms with Crippen LogP contribution in [-0.4, -0.2) is 10.9 Å². The van der Waals surface area contributed by atoms with Crippen molar-refractivity contribution in [2.24, 2.45) is 0 Å². The fraction of sp³-hybridized carbons (Fsp3) is 0.176. The first kappa shape index (κ1) is 16.0. The van der Waals surface area contributed by atoms with Crippen LogP contribution in [0.15, 0.2) is 43.1 Å². The summed E-state index contributed by atoms with van der Waals surface area (Å²) in [5, 5.41) is 3.23. The predicted molar refractivity (Wildman–Crippen MR) is 90.4 cm³/mol. The third-order valence-electron chi connectivity index (χ3n) is 3.88. The summed E-state index contributed by atoms with van der Waals surface area (Å²) in [5.74, 6) is -0.775. The first-order valence-electron chi connectivity index (χ1n) is 7.01. The number of hydrogen-bond acceptors (Lipinski definition) is 2. The van der Waals surface area contributed by atoms with E-state index in [4.69, 9.17) is 23.2 Å². The van der Waals surface area contributed by atoms with Gasteiger partial charge in [-0.3, -0.25) is 9.78 Å². The Hall–Kier alpha value is -1.91. The number of amides is 1. The van der Waals surface area contributed by atoms with Crippen LogP contribution < -0.4 is 5.32 Å². The summed E-state index contributed by atoms with van der Waals surface area (Å²) >= 11 is 11.9. The summed E-state index contributed by atoms with van der Waals surface area (Å²) in [4.78, 5) is 16.7. The summed E-state index contributed by atoms with van der Waals surface area (Å²) in [5.41, 5.74) is -0.454. The van der Waals surface area contributed by atoms with Crippen molar-refractivity contribution < 1.29 is 9.18 Å². The highest BCUT2D eigenvalue weighted by Crippen LogP contribution is 2.43. The van der Waals surface area contributed by atoms with Crippen LogP contribution in [0.3, 0.4) is 0 Å². The maximum Gasteiger partial charge on any atom is 0.266 e. The molecule has 1 aliphatic rings. The van der Waals surface area contributed by atoms with Crippen LogP contribution in [0.1, 0.15) is 24.1 Å². The van der Waals surface area contributed by atoms with Crippen molar-refractivity contribution in [3.8, 4) is 0 Å². The molecule has 3 nitrogen and oxygen atoms in total. The summed E-state index contributed by atoms with van der Waals surface area (Å²) in [6.07, 6.45) is 1.94. The van der Waals surface area contributed by atoms with Gasteiger partial charge in [0.25, 0.3) is 5.91 Å². The monoisotopic (exact) mass is 350 g/mol. The molecule has 3 rings (SSSR count). The second-order valence-electron chi connectivity index (χ2n) is 5.38. The topological polar surface area (TPSA) is 42.0 Å². The third-order valence-corrected chi connectivity index (χ3v) is 4.43. The lowest BCUT2D eigenvalue weighted by Gasteiger charge is -2.31. The SMILES string of the molecule is C=C1CC[C@@](F)(C(=O)Nc2ccc(Cl)cc2Cl)c2cccnc21. The standard InChI is InChI=1S/C17H13Cl2FN2O/c1-10-6-7-17(20,12-3-2-8-21-15(10)12)16(23)22-14-5-4-11(18)9-13(14)19/h2-5,8-9H,1,6-7H2,(H,22,23)/t17-/m0/s1. The molecular formula is C17H13Cl2FN2O. The molecule has 118 valence electrons. The van der Waals surface area contributed by atoms with Crippen LogP contribution in [-0.2, 0) is 10.5 Å². The zero-order chi connectivity index (χ0) is 16.6. The molecular weight excluding hydrogens is 338 g/mol. The molecule has 1 N–H and O–H groups in total. The second kappa shape index (κ2) is 5.95. The van der Waals surface area contributed by atoms with E-state index < -0.39 is 11.6 Å². The van der Waals surface area contributed by atoms with E-state index in [2.05, 4.69) is 16.9 Å². The Bertz CT molecular complexity index is 809. The highest BCUT2D eigenvalue weighted by atomic mass is 35.5. The van der Waals surface area contributed by atoms with Gasteiger partial charge in [0.1, 0.15) is 0 Å². The van der Waals surface area contributed by atoms with Crippen LogP contribution in [0.2, 0.25) is 10.0 Å². The van der Waals surface area contributed by atoms with Crippen LogP contribution in [0, 0.1) is 0 Å². The van der Waals surface area contributed by atoms with Gasteiger partial charge in [-0.25, -0.2) is 4.39 Å². The fourth-order valence-corrected chi connectivity index (χ4v) is 3.09. The van der Waals surface area contributed by atoms with Gasteiger partial charge >= 0.3 is 0 Å². The van der Waals surface area contributed by atoms with Gasteiger partial charge < -0.3 is 5.32 Å². The Balaban J connectivity index is 1.96. The molecule has 1 heterocycles. The second-order valence-corrected chi connectivity index (χ2v) is 6.23. The van der Waals surface area contributed by atoms with Gasteiger partial charge in [-0.2, -0.15) is 0 Å². The van der Waals surface area contributed by atoms with Gasteiger partial charge in [-0.15, -0.1) is 0 Å². The Labute approximate surface area is 143 Å². The number of nitrogens with zero attached hydrogens (tertiary/aromatic N) is 1. The maximum absolute atomic E-state index is 15.5. The van der Waals surface area contributed by atoms with Gasteiger partial charge in [0.15, 0.2) is 0 Å². The molecule has 0 saturated carbocycles. The minimum atomic E-state index is -2.17. The van der Waals surface area contributed by atoms with Crippen molar-refractivity contribution >= 4 is 40.4 Å². The van der Waals surface area contributed by atoms with Gasteiger partial charge in [0.2, 0.25) is 5.67 Å². The first-order valence-corrected chi connectivity index (χ1v) is 7.76. The molecule has 1 aromatic carbocycles. The predicted octanol–water partition coefficient (Wildman–Crippen LogP) is 5.00. The van der Waals surface area contributed by atoms with Gasteiger partial charge in [-0.05, 0) is 42.7 Å². The van der Waals surface area contributed by atoms with Gasteiger partial charge in [-0.1, -0.05) is 35.8 Å². The number of hydrogen-bond donors (Lipinski definition) is 1. The van der Waals surface area contributed by atoms with Crippen molar-refractivity contribution in [3.05, 3.63) is 64.4 Å². The zero-order valence-electron chi connectivity index (χ0n) is 12.1. The molecule has 0 saturated heterocycles. The van der Waals surface area contributed by atoms with E-state index >= 15 is 4.39 Å². The number of allylic oxidation sites excluding steroid dienone is 1. The maximum atomic E-state index is 15.5. The molecule has 0 fully saturated rings. The number of carbonyl (C=O) groups excluding carboxylic acids is 1. The molecule has 23 heavy (non-hydrogen) atoms. The minimum Gasteiger partial charge on any atom is -0.322 e. The van der Waals surface area contributed by atoms with Crippen molar-refractivity contribution in [1.29, 1.82) is 0 Å². The van der Waals surface area contributed by atoms with Gasteiger partial charge in [0.05, 0.1) is 16.4 Å². The Kier molecular flexibility index (Phi) is 4.13. The van der Waals surface area contributed by atoms with Crippen LogP contribution in [0.5, 0.6) is 0 Å². The van der Waals surface area contributed by atoms with E-state index in [1.807, 2.05) is 0 Å². The highest BCUT2D eigenvalue weighted by molar-refractivity contribution is 6.36. The largest absolute Gasteiger partial charge is 0.322 e. The van der Waals surface area contributed by atoms with Crippen molar-refractivity contribution in [1.82, 2.24) is 4.98 Å². The average Bonchev–Trinajstić information content (AvgIpc) is 2.54. The molecule has 6 heteroatoms.